The molecule has 1 aromatic carbocycles. The maximum absolute atomic E-state index is 4.15. The van der Waals surface area contributed by atoms with Crippen molar-refractivity contribution in [2.24, 2.45) is 0 Å². The Hall–Kier alpha value is -1.67. The molecule has 2 rings (SSSR count). The van der Waals surface area contributed by atoms with Crippen LogP contribution in [0, 0.1) is 13.8 Å². The Balaban J connectivity index is 2.01. The highest BCUT2D eigenvalue weighted by Gasteiger charge is 2.05. The summed E-state index contributed by atoms with van der Waals surface area (Å²) in [6.07, 6.45) is 3.72. The Kier molecular flexibility index (Phi) is 4.11. The second-order valence-electron chi connectivity index (χ2n) is 4.82. The number of nitrogens with zero attached hydrogens (tertiary/aromatic N) is 1. The first-order chi connectivity index (χ1) is 8.66. The molecule has 0 bridgehead atoms. The van der Waals surface area contributed by atoms with Crippen molar-refractivity contribution in [2.45, 2.75) is 33.4 Å². The Morgan fingerprint density at radius 3 is 2.78 bits per heavy atom. The summed E-state index contributed by atoms with van der Waals surface area (Å²) in [7, 11) is 0. The number of aryl methyl sites for hydroxylation is 2. The molecule has 1 N–H and O–H groups in total. The summed E-state index contributed by atoms with van der Waals surface area (Å²) in [5.41, 5.74) is 5.24. The van der Waals surface area contributed by atoms with Crippen molar-refractivity contribution in [2.75, 3.05) is 0 Å². The number of hydrogen-bond acceptors (Lipinski definition) is 2. The van der Waals surface area contributed by atoms with Gasteiger partial charge in [-0.15, -0.1) is 0 Å². The number of nitrogens with one attached hydrogen (secondary N) is 1. The number of benzene rings is 1. The van der Waals surface area contributed by atoms with Crippen LogP contribution in [0.25, 0.3) is 0 Å². The molecule has 18 heavy (non-hydrogen) atoms. The fourth-order valence-electron chi connectivity index (χ4n) is 2.00. The Bertz CT molecular complexity index is 506. The topological polar surface area (TPSA) is 24.9 Å². The lowest BCUT2D eigenvalue weighted by Crippen LogP contribution is -2.18. The average Bonchev–Trinajstić information content (AvgIpc) is 2.40. The molecular weight excluding hydrogens is 220 g/mol. The first-order valence-electron chi connectivity index (χ1n) is 6.36. The lowest BCUT2D eigenvalue weighted by molar-refractivity contribution is 0.571. The second kappa shape index (κ2) is 5.78. The van der Waals surface area contributed by atoms with Crippen LogP contribution in [0.2, 0.25) is 0 Å². The van der Waals surface area contributed by atoms with Crippen molar-refractivity contribution in [1.82, 2.24) is 10.3 Å². The van der Waals surface area contributed by atoms with Gasteiger partial charge in [-0.25, -0.2) is 0 Å². The van der Waals surface area contributed by atoms with Crippen LogP contribution in [0.3, 0.4) is 0 Å². The fourth-order valence-corrected chi connectivity index (χ4v) is 2.00. The average molecular weight is 240 g/mol. The van der Waals surface area contributed by atoms with E-state index in [-0.39, 0.29) is 0 Å². The zero-order valence-electron chi connectivity index (χ0n) is 11.3. The van der Waals surface area contributed by atoms with Gasteiger partial charge in [-0.1, -0.05) is 29.8 Å². The van der Waals surface area contributed by atoms with Gasteiger partial charge < -0.3 is 5.32 Å². The zero-order chi connectivity index (χ0) is 13.0. The van der Waals surface area contributed by atoms with Crippen LogP contribution >= 0.6 is 0 Å². The minimum Gasteiger partial charge on any atom is -0.306 e. The Labute approximate surface area is 109 Å². The first-order valence-corrected chi connectivity index (χ1v) is 6.36. The highest BCUT2D eigenvalue weighted by atomic mass is 14.9. The third-order valence-corrected chi connectivity index (χ3v) is 3.29. The molecule has 0 aliphatic heterocycles. The Morgan fingerprint density at radius 1 is 1.22 bits per heavy atom. The van der Waals surface area contributed by atoms with Crippen LogP contribution < -0.4 is 5.32 Å². The number of pyridine rings is 1. The standard InChI is InChI=1S/C16H20N2/c1-12-6-7-13(2)16(9-12)11-18-14(3)15-5-4-8-17-10-15/h4-10,14,18H,11H2,1-3H3/t14-/m1/s1. The van der Waals surface area contributed by atoms with Crippen LogP contribution in [-0.4, -0.2) is 4.98 Å². The highest BCUT2D eigenvalue weighted by Crippen LogP contribution is 2.14. The number of hydrogen-bond donors (Lipinski definition) is 1. The van der Waals surface area contributed by atoms with Gasteiger partial charge in [0.1, 0.15) is 0 Å². The monoisotopic (exact) mass is 240 g/mol. The summed E-state index contributed by atoms with van der Waals surface area (Å²) < 4.78 is 0. The molecule has 0 fully saturated rings. The zero-order valence-corrected chi connectivity index (χ0v) is 11.3. The minimum absolute atomic E-state index is 0.318. The normalized spacial score (nSPS) is 12.4. The van der Waals surface area contributed by atoms with Crippen LogP contribution in [0.1, 0.15) is 35.2 Å². The molecule has 0 saturated carbocycles. The van der Waals surface area contributed by atoms with Gasteiger partial charge in [0.2, 0.25) is 0 Å². The maximum atomic E-state index is 4.15. The van der Waals surface area contributed by atoms with Crippen molar-refractivity contribution in [3.8, 4) is 0 Å². The van der Waals surface area contributed by atoms with E-state index in [4.69, 9.17) is 0 Å². The van der Waals surface area contributed by atoms with Gasteiger partial charge in [-0.3, -0.25) is 4.98 Å². The van der Waals surface area contributed by atoms with Crippen molar-refractivity contribution in [3.05, 3.63) is 65.0 Å². The molecule has 0 spiro atoms. The molecule has 2 aromatic rings. The molecule has 0 aliphatic carbocycles. The molecule has 1 heterocycles. The van der Waals surface area contributed by atoms with E-state index >= 15 is 0 Å². The van der Waals surface area contributed by atoms with Crippen LogP contribution in [0.5, 0.6) is 0 Å². The molecular formula is C16H20N2. The molecule has 2 nitrogen and oxygen atoms in total. The van der Waals surface area contributed by atoms with E-state index in [1.165, 1.54) is 22.3 Å². The molecule has 0 unspecified atom stereocenters. The highest BCUT2D eigenvalue weighted by molar-refractivity contribution is 5.30. The van der Waals surface area contributed by atoms with E-state index in [0.29, 0.717) is 6.04 Å². The van der Waals surface area contributed by atoms with Crippen molar-refractivity contribution >= 4 is 0 Å². The van der Waals surface area contributed by atoms with E-state index < -0.39 is 0 Å². The molecule has 0 radical (unpaired) electrons. The van der Waals surface area contributed by atoms with E-state index in [0.717, 1.165) is 6.54 Å². The largest absolute Gasteiger partial charge is 0.306 e. The van der Waals surface area contributed by atoms with Crippen LogP contribution in [-0.2, 0) is 6.54 Å². The van der Waals surface area contributed by atoms with Gasteiger partial charge in [0.25, 0.3) is 0 Å². The summed E-state index contributed by atoms with van der Waals surface area (Å²) in [6, 6.07) is 11.0. The predicted molar refractivity (Wildman–Crippen MR) is 75.4 cm³/mol. The lowest BCUT2D eigenvalue weighted by atomic mass is 10.0. The molecule has 0 amide bonds. The van der Waals surface area contributed by atoms with E-state index in [2.05, 4.69) is 55.3 Å². The second-order valence-corrected chi connectivity index (χ2v) is 4.82. The van der Waals surface area contributed by atoms with Crippen molar-refractivity contribution in [1.29, 1.82) is 0 Å². The molecule has 0 aliphatic rings. The summed E-state index contributed by atoms with van der Waals surface area (Å²) in [6.45, 7) is 7.35. The molecule has 0 saturated heterocycles. The van der Waals surface area contributed by atoms with Gasteiger partial charge in [-0.05, 0) is 43.5 Å². The van der Waals surface area contributed by atoms with Gasteiger partial charge in [0.15, 0.2) is 0 Å². The van der Waals surface area contributed by atoms with Crippen molar-refractivity contribution in [3.63, 3.8) is 0 Å². The van der Waals surface area contributed by atoms with Gasteiger partial charge >= 0.3 is 0 Å². The summed E-state index contributed by atoms with van der Waals surface area (Å²) in [5, 5.41) is 3.54. The SMILES string of the molecule is Cc1ccc(C)c(CN[C@H](C)c2cccnc2)c1. The van der Waals surface area contributed by atoms with Gasteiger partial charge in [0.05, 0.1) is 0 Å². The quantitative estimate of drug-likeness (QED) is 0.884. The third kappa shape index (κ3) is 3.17. The van der Waals surface area contributed by atoms with E-state index in [1.807, 2.05) is 12.3 Å². The minimum atomic E-state index is 0.318. The molecule has 2 heteroatoms. The fraction of sp³-hybridized carbons (Fsp3) is 0.312. The summed E-state index contributed by atoms with van der Waals surface area (Å²) in [4.78, 5) is 4.15. The van der Waals surface area contributed by atoms with E-state index in [9.17, 15) is 0 Å². The maximum Gasteiger partial charge on any atom is 0.0315 e. The smallest absolute Gasteiger partial charge is 0.0315 e. The lowest BCUT2D eigenvalue weighted by Gasteiger charge is -2.15. The van der Waals surface area contributed by atoms with Crippen LogP contribution in [0.4, 0.5) is 0 Å². The third-order valence-electron chi connectivity index (χ3n) is 3.29. The number of rotatable bonds is 4. The van der Waals surface area contributed by atoms with Crippen LogP contribution in [0.15, 0.2) is 42.7 Å². The predicted octanol–water partition coefficient (Wildman–Crippen LogP) is 3.55. The molecule has 1 atom stereocenters. The Morgan fingerprint density at radius 2 is 2.06 bits per heavy atom. The van der Waals surface area contributed by atoms with Crippen molar-refractivity contribution < 1.29 is 0 Å². The first kappa shape index (κ1) is 12.8. The number of aromatic nitrogens is 1. The molecule has 1 aromatic heterocycles. The summed E-state index contributed by atoms with van der Waals surface area (Å²) in [5.74, 6) is 0. The van der Waals surface area contributed by atoms with Gasteiger partial charge in [-0.2, -0.15) is 0 Å². The van der Waals surface area contributed by atoms with Gasteiger partial charge in [0, 0.05) is 25.0 Å². The molecule has 94 valence electrons. The summed E-state index contributed by atoms with van der Waals surface area (Å²) >= 11 is 0. The van der Waals surface area contributed by atoms with E-state index in [1.54, 1.807) is 6.20 Å².